The summed E-state index contributed by atoms with van der Waals surface area (Å²) in [6, 6.07) is -7.71. The van der Waals surface area contributed by atoms with Gasteiger partial charge in [-0.15, -0.1) is 0 Å². The van der Waals surface area contributed by atoms with Gasteiger partial charge in [0.05, 0.1) is 25.4 Å². The molecule has 0 saturated carbocycles. The normalized spacial score (nSPS) is 14.4. The van der Waals surface area contributed by atoms with Crippen LogP contribution in [0.5, 0.6) is 0 Å². The molecule has 2 aromatic rings. The van der Waals surface area contributed by atoms with Crippen LogP contribution in [0.3, 0.4) is 0 Å². The summed E-state index contributed by atoms with van der Waals surface area (Å²) in [5.74, 6) is -18.3. The van der Waals surface area contributed by atoms with Crippen molar-refractivity contribution in [2.75, 3.05) is 13.1 Å². The molecule has 0 spiro atoms. The topological polar surface area (TPSA) is 516 Å². The second-order valence-corrected chi connectivity index (χ2v) is 20.1. The van der Waals surface area contributed by atoms with Crippen molar-refractivity contribution in [2.24, 2.45) is 23.3 Å². The van der Waals surface area contributed by atoms with E-state index in [0.717, 1.165) is 0 Å². The predicted octanol–water partition coefficient (Wildman–Crippen LogP) is -3.35. The Balaban J connectivity index is 2.46. The van der Waals surface area contributed by atoms with Crippen LogP contribution >= 0.6 is 0 Å². The number of benzene rings is 1. The number of aliphatic carboxylic acids is 5. The first-order valence-electron chi connectivity index (χ1n) is 26.2. The number of fused-ring (bicyclic) bond motifs is 1. The van der Waals surface area contributed by atoms with E-state index in [2.05, 4.69) is 52.8 Å². The molecule has 0 fully saturated rings. The fraction of sp³-hybridized carbons (Fsp3) is 0.569. The molecule has 9 atom stereocenters. The zero-order valence-electron chi connectivity index (χ0n) is 46.0. The fourth-order valence-corrected chi connectivity index (χ4v) is 8.00. The van der Waals surface area contributed by atoms with Gasteiger partial charge < -0.3 is 89.8 Å². The molecule has 454 valence electrons. The van der Waals surface area contributed by atoms with Crippen molar-refractivity contribution in [1.82, 2.24) is 52.8 Å². The monoisotopic (exact) mass is 1160 g/mol. The minimum absolute atomic E-state index is 0.0637. The number of carboxylic acids is 5. The van der Waals surface area contributed by atoms with Crippen LogP contribution < -0.4 is 59.3 Å². The number of aromatic nitrogens is 1. The summed E-state index contributed by atoms with van der Waals surface area (Å²) in [5.41, 5.74) is 12.3. The lowest BCUT2D eigenvalue weighted by Crippen LogP contribution is -2.61. The van der Waals surface area contributed by atoms with Crippen molar-refractivity contribution >= 4 is 93.9 Å². The van der Waals surface area contributed by atoms with Crippen LogP contribution in [0.4, 0.5) is 0 Å². The molecule has 19 N–H and O–H groups in total. The molecule has 1 aromatic carbocycles. The van der Waals surface area contributed by atoms with Crippen LogP contribution in [0.15, 0.2) is 30.5 Å². The Morgan fingerprint density at radius 3 is 1.50 bits per heavy atom. The summed E-state index contributed by atoms with van der Waals surface area (Å²) in [4.78, 5) is 184. The Morgan fingerprint density at radius 1 is 0.512 bits per heavy atom. The van der Waals surface area contributed by atoms with Crippen LogP contribution in [0.25, 0.3) is 10.9 Å². The molecular weight excluding hydrogens is 1080 g/mol. The van der Waals surface area contributed by atoms with Gasteiger partial charge in [0.1, 0.15) is 48.3 Å². The molecule has 1 heterocycles. The highest BCUT2D eigenvalue weighted by Gasteiger charge is 2.37. The van der Waals surface area contributed by atoms with E-state index in [0.29, 0.717) is 22.9 Å². The lowest BCUT2D eigenvalue weighted by molar-refractivity contribution is -0.144. The van der Waals surface area contributed by atoms with Gasteiger partial charge in [-0.1, -0.05) is 45.9 Å². The van der Waals surface area contributed by atoms with E-state index in [1.807, 2.05) is 0 Å². The van der Waals surface area contributed by atoms with E-state index in [-0.39, 0.29) is 38.1 Å². The molecule has 9 amide bonds. The summed E-state index contributed by atoms with van der Waals surface area (Å²) < 4.78 is 0. The SMILES string of the molecule is CC(C)C[C@H](NC(=O)[C@H](C)N)C(=O)N[C@H](C(=O)N[C@@H](CC(=O)O)C(=O)N[C@@H](CC(=O)O)C(=O)N[C@@H](CCC(=O)O)C(=O)N[C@@H](Cc1c[nH]c2ccccc12)C(=O)NCC(=O)N[C@@H](CCCCN)C(=O)N[C@@H](CCC(=O)O)C(=O)O)C(C)C. The average Bonchev–Trinajstić information content (AvgIpc) is 3.90. The molecule has 0 saturated heterocycles. The summed E-state index contributed by atoms with van der Waals surface area (Å²) in [6.45, 7) is 7.24. The average molecular weight is 1160 g/mol. The van der Waals surface area contributed by atoms with E-state index in [1.54, 1.807) is 38.1 Å². The number of rotatable bonds is 38. The molecule has 0 aliphatic carbocycles. The van der Waals surface area contributed by atoms with Gasteiger partial charge in [-0.25, -0.2) is 4.79 Å². The van der Waals surface area contributed by atoms with Crippen molar-refractivity contribution in [3.63, 3.8) is 0 Å². The number of unbranched alkanes of at least 4 members (excludes halogenated alkanes) is 1. The van der Waals surface area contributed by atoms with E-state index in [1.165, 1.54) is 27.0 Å². The molecule has 1 aromatic heterocycles. The van der Waals surface area contributed by atoms with Crippen molar-refractivity contribution in [3.8, 4) is 0 Å². The maximum Gasteiger partial charge on any atom is 0.326 e. The second kappa shape index (κ2) is 34.4. The third-order valence-corrected chi connectivity index (χ3v) is 12.3. The standard InChI is InChI=1S/C51H76N12O19/c1-24(2)18-33(59-43(73)26(5)53)49(79)63-42(25(3)4)50(80)62-36(21-41(71)72)48(78)61-35(20-40(69)70)47(77)57-31(13-15-38(65)66)46(76)60-34(19-27-22-54-29-11-7-6-10-28(27)29)44(74)55-23-37(64)56-30(12-8-9-17-52)45(75)58-32(51(81)82)14-16-39(67)68/h6-7,10-11,22,24-26,30-36,42,54H,8-9,12-21,23,52-53H2,1-5H3,(H,55,74)(H,56,64)(H,57,77)(H,58,75)(H,59,73)(H,60,76)(H,61,78)(H,62,80)(H,63,79)(H,65,66)(H,67,68)(H,69,70)(H,71,72)(H,81,82)/t26-,30-,31-,32-,33-,34-,35-,36-,42-/m0/s1. The van der Waals surface area contributed by atoms with Crippen molar-refractivity contribution < 1.29 is 92.7 Å². The number of nitrogens with one attached hydrogen (secondary N) is 10. The lowest BCUT2D eigenvalue weighted by atomic mass is 9.99. The minimum atomic E-state index is -2.16. The maximum atomic E-state index is 14.2. The number of nitrogens with two attached hydrogens (primary N) is 2. The zero-order valence-corrected chi connectivity index (χ0v) is 46.0. The van der Waals surface area contributed by atoms with Crippen molar-refractivity contribution in [3.05, 3.63) is 36.0 Å². The molecule has 31 heteroatoms. The van der Waals surface area contributed by atoms with Crippen LogP contribution in [-0.2, 0) is 73.5 Å². The third kappa shape index (κ3) is 24.7. The van der Waals surface area contributed by atoms with Gasteiger partial charge in [-0.3, -0.25) is 62.3 Å². The van der Waals surface area contributed by atoms with E-state index < -0.39 is 188 Å². The number of amides is 9. The quantitative estimate of drug-likeness (QED) is 0.0292. The number of H-pyrrole nitrogens is 1. The molecule has 0 aliphatic heterocycles. The molecule has 0 unspecified atom stereocenters. The van der Waals surface area contributed by atoms with E-state index in [9.17, 15) is 87.5 Å². The number of carbonyl (C=O) groups excluding carboxylic acids is 9. The highest BCUT2D eigenvalue weighted by atomic mass is 16.4. The lowest BCUT2D eigenvalue weighted by Gasteiger charge is -2.28. The molecule has 0 radical (unpaired) electrons. The van der Waals surface area contributed by atoms with Gasteiger partial charge in [0, 0.05) is 36.4 Å². The van der Waals surface area contributed by atoms with Crippen molar-refractivity contribution in [1.29, 1.82) is 0 Å². The van der Waals surface area contributed by atoms with E-state index in [4.69, 9.17) is 16.6 Å². The number of carbonyl (C=O) groups is 14. The smallest absolute Gasteiger partial charge is 0.326 e. The second-order valence-electron chi connectivity index (χ2n) is 20.1. The molecule has 82 heavy (non-hydrogen) atoms. The van der Waals surface area contributed by atoms with E-state index >= 15 is 0 Å². The van der Waals surface area contributed by atoms with Gasteiger partial charge in [-0.05, 0) is 75.5 Å². The third-order valence-electron chi connectivity index (χ3n) is 12.3. The van der Waals surface area contributed by atoms with Gasteiger partial charge in [-0.2, -0.15) is 0 Å². The first-order chi connectivity index (χ1) is 38.4. The molecular formula is C51H76N12O19. The Bertz CT molecular complexity index is 2620. The Labute approximate surface area is 470 Å². The zero-order chi connectivity index (χ0) is 62.0. The summed E-state index contributed by atoms with van der Waals surface area (Å²) in [5, 5.41) is 69.1. The van der Waals surface area contributed by atoms with Crippen LogP contribution in [0.2, 0.25) is 0 Å². The van der Waals surface area contributed by atoms with Crippen LogP contribution in [0.1, 0.15) is 104 Å². The summed E-state index contributed by atoms with van der Waals surface area (Å²) in [7, 11) is 0. The van der Waals surface area contributed by atoms with Crippen molar-refractivity contribution in [2.45, 2.75) is 160 Å². The number of carboxylic acid groups (broad SMARTS) is 5. The number of hydrogen-bond acceptors (Lipinski definition) is 16. The van der Waals surface area contributed by atoms with Crippen LogP contribution in [0, 0.1) is 11.8 Å². The maximum absolute atomic E-state index is 14.2. The molecule has 0 bridgehead atoms. The van der Waals surface area contributed by atoms with Gasteiger partial charge >= 0.3 is 29.8 Å². The van der Waals surface area contributed by atoms with Gasteiger partial charge in [0.2, 0.25) is 53.2 Å². The van der Waals surface area contributed by atoms with Gasteiger partial charge in [0.25, 0.3) is 0 Å². The molecule has 0 aliphatic rings. The minimum Gasteiger partial charge on any atom is -0.481 e. The summed E-state index contributed by atoms with van der Waals surface area (Å²) in [6.07, 6.45) is -3.16. The summed E-state index contributed by atoms with van der Waals surface area (Å²) >= 11 is 0. The highest BCUT2D eigenvalue weighted by Crippen LogP contribution is 2.20. The molecule has 2 rings (SSSR count). The highest BCUT2D eigenvalue weighted by molar-refractivity contribution is 6.00. The number of aromatic amines is 1. The number of hydrogen-bond donors (Lipinski definition) is 17. The number of para-hydroxylation sites is 1. The first kappa shape index (κ1) is 69.4. The Kier molecular flexibility index (Phi) is 29.1. The van der Waals surface area contributed by atoms with Crippen LogP contribution in [-0.4, -0.2) is 181 Å². The largest absolute Gasteiger partial charge is 0.481 e. The fourth-order valence-electron chi connectivity index (χ4n) is 8.00. The molecule has 31 nitrogen and oxygen atoms in total. The predicted molar refractivity (Wildman–Crippen MR) is 287 cm³/mol. The Hall–Kier alpha value is -8.74. The Morgan fingerprint density at radius 2 is 0.988 bits per heavy atom. The first-order valence-corrected chi connectivity index (χ1v) is 26.2. The van der Waals surface area contributed by atoms with Gasteiger partial charge in [0.15, 0.2) is 0 Å².